The van der Waals surface area contributed by atoms with Gasteiger partial charge in [-0.3, -0.25) is 9.59 Å². The van der Waals surface area contributed by atoms with Crippen LogP contribution in [0.5, 0.6) is 0 Å². The summed E-state index contributed by atoms with van der Waals surface area (Å²) < 4.78 is 4.77. The SMILES string of the molecule is CCCN(CCC)C(=O)C1CCC(C(=O)Nc2ccccc2C(=O)OC)CC1. The van der Waals surface area contributed by atoms with Crippen LogP contribution in [0.3, 0.4) is 0 Å². The van der Waals surface area contributed by atoms with Gasteiger partial charge in [0.2, 0.25) is 11.8 Å². The summed E-state index contributed by atoms with van der Waals surface area (Å²) in [6.07, 6.45) is 4.77. The predicted molar refractivity (Wildman–Crippen MR) is 109 cm³/mol. The molecule has 0 bridgehead atoms. The van der Waals surface area contributed by atoms with Gasteiger partial charge in [0.15, 0.2) is 0 Å². The normalized spacial score (nSPS) is 19.0. The van der Waals surface area contributed by atoms with Crippen LogP contribution in [0.1, 0.15) is 62.7 Å². The molecule has 2 amide bonds. The van der Waals surface area contributed by atoms with E-state index in [-0.39, 0.29) is 23.7 Å². The zero-order valence-electron chi connectivity index (χ0n) is 17.2. The molecule has 0 radical (unpaired) electrons. The molecule has 2 rings (SSSR count). The highest BCUT2D eigenvalue weighted by Gasteiger charge is 2.32. The van der Waals surface area contributed by atoms with Gasteiger partial charge in [-0.05, 0) is 50.7 Å². The third-order valence-corrected chi connectivity index (χ3v) is 5.34. The van der Waals surface area contributed by atoms with Crippen LogP contribution in [-0.2, 0) is 14.3 Å². The number of nitrogens with zero attached hydrogens (tertiary/aromatic N) is 1. The second-order valence-electron chi connectivity index (χ2n) is 7.40. The van der Waals surface area contributed by atoms with Gasteiger partial charge >= 0.3 is 5.97 Å². The lowest BCUT2D eigenvalue weighted by Crippen LogP contribution is -2.39. The van der Waals surface area contributed by atoms with E-state index in [0.717, 1.165) is 38.8 Å². The number of amides is 2. The van der Waals surface area contributed by atoms with Crippen LogP contribution in [0.15, 0.2) is 24.3 Å². The number of rotatable bonds is 8. The zero-order chi connectivity index (χ0) is 20.5. The van der Waals surface area contributed by atoms with Crippen molar-refractivity contribution < 1.29 is 19.1 Å². The molecule has 0 saturated heterocycles. The minimum atomic E-state index is -0.475. The first-order valence-corrected chi connectivity index (χ1v) is 10.3. The second-order valence-corrected chi connectivity index (χ2v) is 7.40. The summed E-state index contributed by atoms with van der Waals surface area (Å²) in [4.78, 5) is 39.3. The summed E-state index contributed by atoms with van der Waals surface area (Å²) >= 11 is 0. The number of nitrogens with one attached hydrogen (secondary N) is 1. The number of ether oxygens (including phenoxy) is 1. The molecule has 28 heavy (non-hydrogen) atoms. The van der Waals surface area contributed by atoms with Gasteiger partial charge in [0.05, 0.1) is 18.4 Å². The van der Waals surface area contributed by atoms with Gasteiger partial charge in [-0.2, -0.15) is 0 Å². The summed E-state index contributed by atoms with van der Waals surface area (Å²) in [6, 6.07) is 6.84. The van der Waals surface area contributed by atoms with E-state index in [1.165, 1.54) is 7.11 Å². The van der Waals surface area contributed by atoms with Crippen molar-refractivity contribution in [2.75, 3.05) is 25.5 Å². The standard InChI is InChI=1S/C22H32N2O4/c1-4-14-24(15-5-2)21(26)17-12-10-16(11-13-17)20(25)23-19-9-7-6-8-18(19)22(27)28-3/h6-9,16-17H,4-5,10-15H2,1-3H3,(H,23,25). The van der Waals surface area contributed by atoms with Crippen molar-refractivity contribution in [3.8, 4) is 0 Å². The summed E-state index contributed by atoms with van der Waals surface area (Å²) in [5.41, 5.74) is 0.812. The Morgan fingerprint density at radius 2 is 1.57 bits per heavy atom. The van der Waals surface area contributed by atoms with E-state index in [4.69, 9.17) is 4.74 Å². The number of methoxy groups -OCH3 is 1. The number of hydrogen-bond donors (Lipinski definition) is 1. The maximum atomic E-state index is 12.8. The highest BCUT2D eigenvalue weighted by molar-refractivity contribution is 6.01. The number of carbonyl (C=O) groups is 3. The average molecular weight is 389 g/mol. The van der Waals surface area contributed by atoms with Crippen LogP contribution in [-0.4, -0.2) is 42.9 Å². The zero-order valence-corrected chi connectivity index (χ0v) is 17.2. The minimum Gasteiger partial charge on any atom is -0.465 e. The van der Waals surface area contributed by atoms with Crippen molar-refractivity contribution in [2.45, 2.75) is 52.4 Å². The maximum Gasteiger partial charge on any atom is 0.339 e. The quantitative estimate of drug-likeness (QED) is 0.686. The molecule has 154 valence electrons. The second kappa shape index (κ2) is 10.8. The van der Waals surface area contributed by atoms with E-state index in [0.29, 0.717) is 24.1 Å². The van der Waals surface area contributed by atoms with Gasteiger partial charge in [-0.15, -0.1) is 0 Å². The lowest BCUT2D eigenvalue weighted by molar-refractivity contribution is -0.138. The van der Waals surface area contributed by atoms with Gasteiger partial charge in [0, 0.05) is 24.9 Å². The topological polar surface area (TPSA) is 75.7 Å². The first-order valence-electron chi connectivity index (χ1n) is 10.3. The van der Waals surface area contributed by atoms with Crippen LogP contribution >= 0.6 is 0 Å². The smallest absolute Gasteiger partial charge is 0.339 e. The third-order valence-electron chi connectivity index (χ3n) is 5.34. The first-order chi connectivity index (χ1) is 13.5. The van der Waals surface area contributed by atoms with Crippen molar-refractivity contribution in [1.29, 1.82) is 0 Å². The number of esters is 1. The van der Waals surface area contributed by atoms with Gasteiger partial charge in [0.25, 0.3) is 0 Å². The Hall–Kier alpha value is -2.37. The fourth-order valence-corrected chi connectivity index (χ4v) is 3.85. The Balaban J connectivity index is 1.94. The van der Waals surface area contributed by atoms with Gasteiger partial charge < -0.3 is 15.0 Å². The monoisotopic (exact) mass is 388 g/mol. The van der Waals surface area contributed by atoms with Crippen molar-refractivity contribution in [3.63, 3.8) is 0 Å². The Kier molecular flexibility index (Phi) is 8.48. The lowest BCUT2D eigenvalue weighted by atomic mass is 9.80. The number of anilines is 1. The summed E-state index contributed by atoms with van der Waals surface area (Å²) in [7, 11) is 1.32. The Bertz CT molecular complexity index is 675. The molecule has 0 unspecified atom stereocenters. The van der Waals surface area contributed by atoms with Gasteiger partial charge in [0.1, 0.15) is 0 Å². The molecule has 6 heteroatoms. The van der Waals surface area contributed by atoms with Crippen LogP contribution in [0.2, 0.25) is 0 Å². The molecule has 0 aromatic heterocycles. The molecule has 0 spiro atoms. The first kappa shape index (κ1) is 21.9. The largest absolute Gasteiger partial charge is 0.465 e. The van der Waals surface area contributed by atoms with E-state index in [2.05, 4.69) is 19.2 Å². The molecule has 1 aromatic carbocycles. The number of hydrogen-bond acceptors (Lipinski definition) is 4. The van der Waals surface area contributed by atoms with Crippen molar-refractivity contribution >= 4 is 23.5 Å². The third kappa shape index (κ3) is 5.57. The van der Waals surface area contributed by atoms with Gasteiger partial charge in [-0.1, -0.05) is 26.0 Å². The van der Waals surface area contributed by atoms with E-state index in [1.54, 1.807) is 24.3 Å². The molecule has 1 saturated carbocycles. The van der Waals surface area contributed by atoms with Crippen LogP contribution in [0, 0.1) is 11.8 Å². The fraction of sp³-hybridized carbons (Fsp3) is 0.591. The highest BCUT2D eigenvalue weighted by Crippen LogP contribution is 2.31. The lowest BCUT2D eigenvalue weighted by Gasteiger charge is -2.31. The summed E-state index contributed by atoms with van der Waals surface area (Å²) in [5.74, 6) is -0.456. The van der Waals surface area contributed by atoms with Crippen LogP contribution in [0.25, 0.3) is 0 Å². The van der Waals surface area contributed by atoms with Crippen molar-refractivity contribution in [2.24, 2.45) is 11.8 Å². The van der Waals surface area contributed by atoms with Gasteiger partial charge in [-0.25, -0.2) is 4.79 Å². The molecule has 6 nitrogen and oxygen atoms in total. The minimum absolute atomic E-state index is 0.0181. The molecule has 1 aromatic rings. The number of para-hydroxylation sites is 1. The van der Waals surface area contributed by atoms with Crippen molar-refractivity contribution in [1.82, 2.24) is 4.90 Å². The number of benzene rings is 1. The molecular weight excluding hydrogens is 356 g/mol. The van der Waals surface area contributed by atoms with Crippen LogP contribution < -0.4 is 5.32 Å². The fourth-order valence-electron chi connectivity index (χ4n) is 3.85. The molecule has 1 fully saturated rings. The maximum absolute atomic E-state index is 12.8. The Morgan fingerprint density at radius 1 is 1.00 bits per heavy atom. The summed E-state index contributed by atoms with van der Waals surface area (Å²) in [5, 5.41) is 2.87. The molecule has 0 heterocycles. The Morgan fingerprint density at radius 3 is 2.14 bits per heavy atom. The number of carbonyl (C=O) groups excluding carboxylic acids is 3. The van der Waals surface area contributed by atoms with Crippen LogP contribution in [0.4, 0.5) is 5.69 Å². The molecule has 0 atom stereocenters. The average Bonchev–Trinajstić information content (AvgIpc) is 2.73. The predicted octanol–water partition coefficient (Wildman–Crippen LogP) is 3.87. The van der Waals surface area contributed by atoms with E-state index in [1.807, 2.05) is 4.90 Å². The Labute approximate surface area is 167 Å². The molecule has 0 aliphatic heterocycles. The van der Waals surface area contributed by atoms with E-state index >= 15 is 0 Å². The summed E-state index contributed by atoms with van der Waals surface area (Å²) in [6.45, 7) is 5.78. The van der Waals surface area contributed by atoms with Crippen molar-refractivity contribution in [3.05, 3.63) is 29.8 Å². The highest BCUT2D eigenvalue weighted by atomic mass is 16.5. The molecular formula is C22H32N2O4. The van der Waals surface area contributed by atoms with E-state index in [9.17, 15) is 14.4 Å². The molecule has 1 aliphatic carbocycles. The van der Waals surface area contributed by atoms with E-state index < -0.39 is 5.97 Å². The molecule has 1 aliphatic rings. The molecule has 1 N–H and O–H groups in total.